The van der Waals surface area contributed by atoms with Gasteiger partial charge in [0.1, 0.15) is 6.17 Å². The van der Waals surface area contributed by atoms with E-state index in [9.17, 15) is 4.79 Å². The second-order valence-corrected chi connectivity index (χ2v) is 6.35. The normalized spacial score (nSPS) is 16.0. The van der Waals surface area contributed by atoms with Crippen molar-refractivity contribution in [3.63, 3.8) is 0 Å². The molecule has 0 radical (unpaired) electrons. The molecule has 4 N–H and O–H groups in total. The van der Waals surface area contributed by atoms with E-state index in [1.54, 1.807) is 17.7 Å². The summed E-state index contributed by atoms with van der Waals surface area (Å²) in [5.41, 5.74) is 10.0. The lowest BCUT2D eigenvalue weighted by molar-refractivity contribution is -0.105. The highest BCUT2D eigenvalue weighted by Gasteiger charge is 2.19. The van der Waals surface area contributed by atoms with Gasteiger partial charge in [-0.25, -0.2) is 0 Å². The average Bonchev–Trinajstić information content (AvgIpc) is 2.95. The van der Waals surface area contributed by atoms with Crippen molar-refractivity contribution in [3.05, 3.63) is 47.3 Å². The highest BCUT2D eigenvalue weighted by Crippen LogP contribution is 2.42. The predicted molar refractivity (Wildman–Crippen MR) is 96.0 cm³/mol. The van der Waals surface area contributed by atoms with Crippen LogP contribution in [0.2, 0.25) is 0 Å². The fraction of sp³-hybridized carbons (Fsp3) is 0.0588. The van der Waals surface area contributed by atoms with Crippen LogP contribution < -0.4 is 16.4 Å². The van der Waals surface area contributed by atoms with Gasteiger partial charge in [-0.2, -0.15) is 0 Å². The van der Waals surface area contributed by atoms with Gasteiger partial charge >= 0.3 is 0 Å². The van der Waals surface area contributed by atoms with E-state index in [0.717, 1.165) is 37.5 Å². The van der Waals surface area contributed by atoms with Crippen molar-refractivity contribution in [2.45, 2.75) is 6.17 Å². The summed E-state index contributed by atoms with van der Waals surface area (Å²) in [6.45, 7) is 0. The number of nitrogens with one attached hydrogen (secondary N) is 2. The number of carbonyl (C=O) groups is 1. The van der Waals surface area contributed by atoms with E-state index in [4.69, 9.17) is 5.73 Å². The molecule has 114 valence electrons. The molecule has 0 aliphatic carbocycles. The van der Waals surface area contributed by atoms with Crippen molar-refractivity contribution in [2.24, 2.45) is 10.7 Å². The summed E-state index contributed by atoms with van der Waals surface area (Å²) in [5.74, 6) is 0. The van der Waals surface area contributed by atoms with Gasteiger partial charge in [-0.05, 0) is 29.3 Å². The van der Waals surface area contributed by atoms with Crippen LogP contribution in [-0.2, 0) is 4.79 Å². The van der Waals surface area contributed by atoms with Gasteiger partial charge in [0.15, 0.2) is 0 Å². The number of carbonyl (C=O) groups excluding carboxylic acids is 1. The Balaban J connectivity index is 1.81. The number of rotatable bonds is 3. The zero-order chi connectivity index (χ0) is 15.8. The number of fused-ring (bicyclic) bond motifs is 3. The summed E-state index contributed by atoms with van der Waals surface area (Å²) >= 11 is 1.66. The van der Waals surface area contributed by atoms with Gasteiger partial charge in [0, 0.05) is 15.8 Å². The topological polar surface area (TPSA) is 79.5 Å². The Morgan fingerprint density at radius 1 is 1.22 bits per heavy atom. The Labute approximate surface area is 136 Å². The molecule has 5 nitrogen and oxygen atoms in total. The monoisotopic (exact) mass is 322 g/mol. The molecule has 23 heavy (non-hydrogen) atoms. The number of benzene rings is 2. The molecule has 1 aromatic heterocycles. The maximum absolute atomic E-state index is 10.6. The van der Waals surface area contributed by atoms with E-state index < -0.39 is 0 Å². The van der Waals surface area contributed by atoms with Crippen molar-refractivity contribution in [1.82, 2.24) is 0 Å². The van der Waals surface area contributed by atoms with Crippen molar-refractivity contribution < 1.29 is 4.79 Å². The number of aliphatic imine (C=N–C) groups is 1. The van der Waals surface area contributed by atoms with Gasteiger partial charge in [-0.15, -0.1) is 11.3 Å². The molecule has 0 spiro atoms. The van der Waals surface area contributed by atoms with E-state index in [2.05, 4.69) is 33.8 Å². The lowest BCUT2D eigenvalue weighted by Crippen LogP contribution is -2.14. The molecule has 2 aromatic carbocycles. The maximum atomic E-state index is 10.6. The van der Waals surface area contributed by atoms with Gasteiger partial charge in [-0.1, -0.05) is 24.3 Å². The van der Waals surface area contributed by atoms with Gasteiger partial charge in [-0.3, -0.25) is 9.79 Å². The van der Waals surface area contributed by atoms with E-state index >= 15 is 0 Å². The first kappa shape index (κ1) is 13.9. The van der Waals surface area contributed by atoms with Crippen LogP contribution in [-0.4, -0.2) is 12.7 Å². The molecule has 4 rings (SSSR count). The second kappa shape index (κ2) is 5.49. The Morgan fingerprint density at radius 3 is 2.96 bits per heavy atom. The van der Waals surface area contributed by atoms with Crippen LogP contribution in [0.15, 0.2) is 47.5 Å². The third-order valence-electron chi connectivity index (χ3n) is 3.85. The molecule has 2 heterocycles. The summed E-state index contributed by atoms with van der Waals surface area (Å²) in [7, 11) is 0. The standard InChI is InChI=1S/C17H14N4OS/c18-17-16-15(19-8-20-17)13-5-4-11(7-14(13)23-16)10-2-1-3-12(6-10)21-9-22/h1-9,17H,18H2,(H,19,20)(H,21,22). The zero-order valence-corrected chi connectivity index (χ0v) is 12.9. The number of anilines is 2. The smallest absolute Gasteiger partial charge is 0.211 e. The second-order valence-electron chi connectivity index (χ2n) is 5.26. The van der Waals surface area contributed by atoms with Crippen LogP contribution in [0.3, 0.4) is 0 Å². The number of hydrogen-bond donors (Lipinski definition) is 3. The molecule has 0 saturated carbocycles. The number of amides is 1. The fourth-order valence-electron chi connectivity index (χ4n) is 2.76. The van der Waals surface area contributed by atoms with Crippen LogP contribution in [0.4, 0.5) is 11.4 Å². The Bertz CT molecular complexity index is 931. The average molecular weight is 322 g/mol. The maximum Gasteiger partial charge on any atom is 0.211 e. The lowest BCUT2D eigenvalue weighted by atomic mass is 10.0. The quantitative estimate of drug-likeness (QED) is 0.645. The highest BCUT2D eigenvalue weighted by molar-refractivity contribution is 7.20. The summed E-state index contributed by atoms with van der Waals surface area (Å²) in [5, 5.41) is 7.02. The van der Waals surface area contributed by atoms with Crippen molar-refractivity contribution >= 4 is 45.5 Å². The highest BCUT2D eigenvalue weighted by atomic mass is 32.1. The molecule has 1 aliphatic rings. The largest absolute Gasteiger partial charge is 0.345 e. The Hall–Kier alpha value is -2.70. The molecular weight excluding hydrogens is 308 g/mol. The molecular formula is C17H14N4OS. The molecule has 1 unspecified atom stereocenters. The number of nitrogens with two attached hydrogens (primary N) is 1. The van der Waals surface area contributed by atoms with Crippen LogP contribution >= 0.6 is 11.3 Å². The minimum Gasteiger partial charge on any atom is -0.345 e. The van der Waals surface area contributed by atoms with E-state index in [0.29, 0.717) is 6.41 Å². The lowest BCUT2D eigenvalue weighted by Gasteiger charge is -2.13. The minimum atomic E-state index is -0.299. The van der Waals surface area contributed by atoms with Crippen LogP contribution in [0.25, 0.3) is 21.2 Å². The van der Waals surface area contributed by atoms with Crippen LogP contribution in [0, 0.1) is 0 Å². The first-order valence-corrected chi connectivity index (χ1v) is 7.99. The van der Waals surface area contributed by atoms with Gasteiger partial charge < -0.3 is 16.4 Å². The fourth-order valence-corrected chi connectivity index (χ4v) is 3.91. The summed E-state index contributed by atoms with van der Waals surface area (Å²) in [6, 6.07) is 14.1. The van der Waals surface area contributed by atoms with Gasteiger partial charge in [0.05, 0.1) is 16.9 Å². The number of thiophene rings is 1. The number of hydrogen-bond acceptors (Lipinski definition) is 5. The summed E-state index contributed by atoms with van der Waals surface area (Å²) in [4.78, 5) is 15.8. The summed E-state index contributed by atoms with van der Waals surface area (Å²) < 4.78 is 1.16. The Kier molecular flexibility index (Phi) is 3.33. The van der Waals surface area contributed by atoms with Crippen LogP contribution in [0.1, 0.15) is 11.0 Å². The van der Waals surface area contributed by atoms with E-state index in [-0.39, 0.29) is 6.17 Å². The minimum absolute atomic E-state index is 0.299. The molecule has 0 saturated heterocycles. The summed E-state index contributed by atoms with van der Waals surface area (Å²) in [6.07, 6.45) is 2.04. The molecule has 1 amide bonds. The molecule has 0 fully saturated rings. The molecule has 3 aromatic rings. The van der Waals surface area contributed by atoms with Gasteiger partial charge in [0.25, 0.3) is 0 Å². The van der Waals surface area contributed by atoms with E-state index in [1.807, 2.05) is 24.3 Å². The third-order valence-corrected chi connectivity index (χ3v) is 5.07. The Morgan fingerprint density at radius 2 is 2.09 bits per heavy atom. The van der Waals surface area contributed by atoms with Crippen molar-refractivity contribution in [1.29, 1.82) is 0 Å². The number of nitrogens with zero attached hydrogens (tertiary/aromatic N) is 1. The molecule has 1 atom stereocenters. The van der Waals surface area contributed by atoms with E-state index in [1.165, 1.54) is 0 Å². The predicted octanol–water partition coefficient (Wildman–Crippen LogP) is 3.55. The van der Waals surface area contributed by atoms with Crippen molar-refractivity contribution in [3.8, 4) is 11.1 Å². The van der Waals surface area contributed by atoms with Gasteiger partial charge in [0.2, 0.25) is 6.41 Å². The van der Waals surface area contributed by atoms with Crippen molar-refractivity contribution in [2.75, 3.05) is 10.6 Å². The molecule has 1 aliphatic heterocycles. The molecule has 6 heteroatoms. The first-order valence-electron chi connectivity index (χ1n) is 7.17. The first-order chi connectivity index (χ1) is 11.3. The third kappa shape index (κ3) is 2.38. The van der Waals surface area contributed by atoms with Crippen LogP contribution in [0.5, 0.6) is 0 Å². The SMILES string of the molecule is NC1N=CNc2c1sc1cc(-c3cccc(NC=O)c3)ccc21. The molecule has 0 bridgehead atoms. The zero-order valence-electron chi connectivity index (χ0n) is 12.1.